The van der Waals surface area contributed by atoms with E-state index in [0.717, 1.165) is 45.7 Å². The van der Waals surface area contributed by atoms with E-state index in [0.29, 0.717) is 37.6 Å². The minimum Gasteiger partial charge on any atom is -0.491 e. The summed E-state index contributed by atoms with van der Waals surface area (Å²) in [7, 11) is 0. The first-order valence-corrected chi connectivity index (χ1v) is 14.5. The van der Waals surface area contributed by atoms with E-state index >= 15 is 0 Å². The van der Waals surface area contributed by atoms with Gasteiger partial charge >= 0.3 is 0 Å². The lowest BCUT2D eigenvalue weighted by Gasteiger charge is -2.32. The average molecular weight is 559 g/mol. The number of rotatable bonds is 7. The Hall–Kier alpha value is -3.92. The number of carbonyl (C=O) groups is 2. The highest BCUT2D eigenvalue weighted by molar-refractivity contribution is 5.95. The number of hydrogen-bond donors (Lipinski definition) is 2. The van der Waals surface area contributed by atoms with Crippen LogP contribution in [-0.4, -0.2) is 69.4 Å². The van der Waals surface area contributed by atoms with Crippen molar-refractivity contribution in [2.24, 2.45) is 17.6 Å². The van der Waals surface area contributed by atoms with E-state index < -0.39 is 6.17 Å². The van der Waals surface area contributed by atoms with E-state index in [1.54, 1.807) is 16.8 Å². The van der Waals surface area contributed by atoms with Crippen LogP contribution < -0.4 is 15.8 Å². The summed E-state index contributed by atoms with van der Waals surface area (Å²) in [5, 5.41) is 8.93. The molecule has 3 N–H and O–H groups in total. The molecule has 3 aliphatic rings. The summed E-state index contributed by atoms with van der Waals surface area (Å²) >= 11 is 0. The van der Waals surface area contributed by atoms with Gasteiger partial charge in [-0.1, -0.05) is 12.1 Å². The topological polar surface area (TPSA) is 107 Å². The first-order chi connectivity index (χ1) is 19.8. The maximum atomic E-state index is 14.1. The van der Waals surface area contributed by atoms with E-state index in [2.05, 4.69) is 28.9 Å². The fourth-order valence-electron chi connectivity index (χ4n) is 6.31. The molecule has 10 heteroatoms. The van der Waals surface area contributed by atoms with Crippen molar-refractivity contribution in [2.45, 2.75) is 51.4 Å². The van der Waals surface area contributed by atoms with Crippen LogP contribution in [0.1, 0.15) is 41.6 Å². The molecule has 2 aliphatic heterocycles. The normalized spacial score (nSPS) is 23.0. The van der Waals surface area contributed by atoms with Crippen molar-refractivity contribution in [3.63, 3.8) is 0 Å². The molecule has 1 aliphatic carbocycles. The minimum absolute atomic E-state index is 0.0627. The van der Waals surface area contributed by atoms with E-state index in [1.165, 1.54) is 17.7 Å². The number of amides is 2. The predicted octanol–water partition coefficient (Wildman–Crippen LogP) is 3.70. The van der Waals surface area contributed by atoms with Gasteiger partial charge in [-0.3, -0.25) is 9.59 Å². The van der Waals surface area contributed by atoms with Crippen LogP contribution in [0.25, 0.3) is 27.8 Å². The lowest BCUT2D eigenvalue weighted by Crippen LogP contribution is -2.50. The first-order valence-electron chi connectivity index (χ1n) is 14.5. The smallest absolute Gasteiger partial charge is 0.255 e. The molecule has 5 heterocycles. The number of para-hydroxylation sites is 1. The molecule has 3 aromatic heterocycles. The predicted molar refractivity (Wildman–Crippen MR) is 154 cm³/mol. The summed E-state index contributed by atoms with van der Waals surface area (Å²) in [5.41, 5.74) is 11.3. The van der Waals surface area contributed by atoms with E-state index in [9.17, 15) is 14.0 Å². The van der Waals surface area contributed by atoms with Crippen LogP contribution in [0, 0.1) is 18.8 Å². The van der Waals surface area contributed by atoms with Crippen LogP contribution in [0.2, 0.25) is 0 Å². The molecular formula is C31H35FN6O3. The van der Waals surface area contributed by atoms with Crippen LogP contribution >= 0.6 is 0 Å². The van der Waals surface area contributed by atoms with E-state index in [-0.39, 0.29) is 36.7 Å². The largest absolute Gasteiger partial charge is 0.491 e. The number of ether oxygens (including phenoxy) is 1. The first kappa shape index (κ1) is 26.0. The summed E-state index contributed by atoms with van der Waals surface area (Å²) < 4.78 is 24.6. The second-order valence-electron chi connectivity index (χ2n) is 12.0. The lowest BCUT2D eigenvalue weighted by molar-refractivity contribution is -0.119. The highest BCUT2D eigenvalue weighted by Gasteiger charge is 2.30. The number of nitrogens with one attached hydrogen (secondary N) is 1. The average Bonchev–Trinajstić information content (AvgIpc) is 3.42. The van der Waals surface area contributed by atoms with Gasteiger partial charge in [0, 0.05) is 55.2 Å². The number of nitrogens with zero attached hydrogens (tertiary/aromatic N) is 4. The van der Waals surface area contributed by atoms with Gasteiger partial charge in [0.2, 0.25) is 5.91 Å². The van der Waals surface area contributed by atoms with E-state index in [4.69, 9.17) is 15.6 Å². The number of fused-ring (bicyclic) bond motifs is 2. The van der Waals surface area contributed by atoms with Crippen molar-refractivity contribution >= 4 is 28.2 Å². The number of halogens is 1. The van der Waals surface area contributed by atoms with Crippen LogP contribution in [0.3, 0.4) is 0 Å². The van der Waals surface area contributed by atoms with Gasteiger partial charge in [0.25, 0.3) is 5.91 Å². The Kier molecular flexibility index (Phi) is 6.45. The number of alkyl halides is 1. The van der Waals surface area contributed by atoms with Crippen LogP contribution in [0.15, 0.2) is 42.6 Å². The molecule has 3 fully saturated rings. The van der Waals surface area contributed by atoms with Gasteiger partial charge in [-0.2, -0.15) is 5.10 Å². The van der Waals surface area contributed by atoms with Gasteiger partial charge in [0.05, 0.1) is 35.4 Å². The zero-order chi connectivity index (χ0) is 28.2. The fraction of sp³-hybridized carbons (Fsp3) is 0.452. The molecule has 41 heavy (non-hydrogen) atoms. The summed E-state index contributed by atoms with van der Waals surface area (Å²) in [4.78, 5) is 26.4. The Morgan fingerprint density at radius 3 is 2.80 bits per heavy atom. The Balaban J connectivity index is 1.25. The Bertz CT molecular complexity index is 1650. The molecule has 214 valence electrons. The van der Waals surface area contributed by atoms with Gasteiger partial charge in [0.15, 0.2) is 0 Å². The molecule has 0 bridgehead atoms. The molecule has 3 atom stereocenters. The summed E-state index contributed by atoms with van der Waals surface area (Å²) in [6.07, 6.45) is 3.81. The number of benzene rings is 1. The molecule has 2 amide bonds. The number of piperidine rings is 1. The molecule has 9 nitrogen and oxygen atoms in total. The molecule has 1 unspecified atom stereocenters. The third-order valence-electron chi connectivity index (χ3n) is 8.64. The fourth-order valence-corrected chi connectivity index (χ4v) is 6.31. The highest BCUT2D eigenvalue weighted by atomic mass is 19.1. The second-order valence-corrected chi connectivity index (χ2v) is 12.0. The van der Waals surface area contributed by atoms with Gasteiger partial charge in [-0.25, -0.2) is 8.91 Å². The number of carbonyl (C=O) groups excluding carboxylic acids is 2. The molecule has 2 saturated heterocycles. The molecular weight excluding hydrogens is 523 g/mol. The number of hydrogen-bond acceptors (Lipinski definition) is 5. The molecule has 1 aromatic carbocycles. The maximum absolute atomic E-state index is 14.1. The zero-order valence-corrected chi connectivity index (χ0v) is 23.2. The number of pyridine rings is 1. The molecule has 0 radical (unpaired) electrons. The number of likely N-dealkylation sites (tertiary alicyclic amines) is 1. The highest BCUT2D eigenvalue weighted by Crippen LogP contribution is 2.40. The summed E-state index contributed by atoms with van der Waals surface area (Å²) in [5.74, 6) is 1.44. The third-order valence-corrected chi connectivity index (χ3v) is 8.64. The van der Waals surface area contributed by atoms with Gasteiger partial charge in [-0.05, 0) is 56.4 Å². The second kappa shape index (κ2) is 10.2. The van der Waals surface area contributed by atoms with Crippen molar-refractivity contribution in [3.8, 4) is 17.1 Å². The van der Waals surface area contributed by atoms with Crippen LogP contribution in [0.4, 0.5) is 4.39 Å². The number of nitrogens with two attached hydrogens (primary N) is 1. The maximum Gasteiger partial charge on any atom is 0.255 e. The SMILES string of the molecule is Cc1c(-c2cc3cccc(OCC4CNC(=O)C4)c3n2CC2CC2)nn2cc(C(=O)N3C[C@H](N)C[C@@H](F)C3)ccc12. The molecule has 1 saturated carbocycles. The minimum atomic E-state index is -1.11. The Morgan fingerprint density at radius 2 is 2.05 bits per heavy atom. The summed E-state index contributed by atoms with van der Waals surface area (Å²) in [6.45, 7) is 4.47. The number of aromatic nitrogens is 3. The molecule has 7 rings (SSSR count). The van der Waals surface area contributed by atoms with Gasteiger partial charge in [0.1, 0.15) is 17.6 Å². The third kappa shape index (κ3) is 4.94. The zero-order valence-electron chi connectivity index (χ0n) is 23.2. The Morgan fingerprint density at radius 1 is 1.20 bits per heavy atom. The lowest BCUT2D eigenvalue weighted by atomic mass is 10.0. The Labute approximate surface area is 237 Å². The van der Waals surface area contributed by atoms with Crippen molar-refractivity contribution in [2.75, 3.05) is 26.2 Å². The standard InChI is InChI=1S/C31H35FN6O3/c1-18-25-8-7-22(31(40)36-15-23(32)11-24(33)16-36)14-38(25)35-29(18)26-10-21-3-2-4-27(30(21)37(26)13-19-5-6-19)41-17-20-9-28(39)34-12-20/h2-4,7-8,10,14,19-20,23-24H,5-6,9,11-13,15-17,33H2,1H3,(H,34,39)/t20?,23-,24-/m1/s1. The van der Waals surface area contributed by atoms with Gasteiger partial charge < -0.3 is 25.3 Å². The monoisotopic (exact) mass is 558 g/mol. The summed E-state index contributed by atoms with van der Waals surface area (Å²) in [6, 6.07) is 11.6. The number of aryl methyl sites for hydroxylation is 1. The molecule has 0 spiro atoms. The van der Waals surface area contributed by atoms with Crippen molar-refractivity contribution in [1.29, 1.82) is 0 Å². The van der Waals surface area contributed by atoms with Crippen LogP contribution in [0.5, 0.6) is 5.75 Å². The van der Waals surface area contributed by atoms with Gasteiger partial charge in [-0.15, -0.1) is 0 Å². The van der Waals surface area contributed by atoms with Crippen LogP contribution in [-0.2, 0) is 11.3 Å². The quantitative estimate of drug-likeness (QED) is 0.360. The van der Waals surface area contributed by atoms with Crippen molar-refractivity contribution < 1.29 is 18.7 Å². The van der Waals surface area contributed by atoms with Crippen molar-refractivity contribution in [3.05, 3.63) is 53.7 Å². The van der Waals surface area contributed by atoms with Crippen molar-refractivity contribution in [1.82, 2.24) is 24.4 Å². The van der Waals surface area contributed by atoms with E-state index in [1.807, 2.05) is 18.2 Å². The molecule has 4 aromatic rings.